The zero-order valence-electron chi connectivity index (χ0n) is 6.13. The van der Waals surface area contributed by atoms with Gasteiger partial charge in [-0.15, -0.1) is 0 Å². The molecule has 1 atom stereocenters. The van der Waals surface area contributed by atoms with Crippen molar-refractivity contribution >= 4 is 5.97 Å². The van der Waals surface area contributed by atoms with Crippen molar-refractivity contribution in [2.24, 2.45) is 0 Å². The van der Waals surface area contributed by atoms with Crippen molar-refractivity contribution in [3.63, 3.8) is 0 Å². The maximum atomic E-state index is 10.4. The molecule has 0 bridgehead atoms. The molecule has 0 aromatic carbocycles. The maximum Gasteiger partial charge on any atom is 0.302 e. The average Bonchev–Trinajstić information content (AvgIpc) is 1.88. The van der Waals surface area contributed by atoms with Crippen LogP contribution in [0.2, 0.25) is 0 Å². The molecule has 3 heteroatoms. The van der Waals surface area contributed by atoms with Crippen molar-refractivity contribution in [3.05, 3.63) is 0 Å². The van der Waals surface area contributed by atoms with Crippen molar-refractivity contribution in [1.29, 1.82) is 0 Å². The van der Waals surface area contributed by atoms with Gasteiger partial charge >= 0.3 is 5.97 Å². The minimum absolute atomic E-state index is 0.00579. The first kappa shape index (κ1) is 7.54. The van der Waals surface area contributed by atoms with Gasteiger partial charge in [0.15, 0.2) is 0 Å². The molecule has 10 heavy (non-hydrogen) atoms. The minimum atomic E-state index is -0.212. The van der Waals surface area contributed by atoms with Crippen LogP contribution in [0.15, 0.2) is 0 Å². The summed E-state index contributed by atoms with van der Waals surface area (Å²) in [5.74, 6) is -0.212. The molecule has 58 valence electrons. The second-order valence-electron chi connectivity index (χ2n) is 2.45. The molecule has 0 saturated carbocycles. The normalized spacial score (nSPS) is 25.9. The molecule has 0 aromatic rings. The fourth-order valence-corrected chi connectivity index (χ4v) is 1.04. The van der Waals surface area contributed by atoms with E-state index < -0.39 is 0 Å². The molecule has 1 aliphatic heterocycles. The van der Waals surface area contributed by atoms with Gasteiger partial charge in [0, 0.05) is 13.5 Å². The van der Waals surface area contributed by atoms with E-state index in [1.165, 1.54) is 6.92 Å². The first-order chi connectivity index (χ1) is 4.79. The first-order valence-corrected chi connectivity index (χ1v) is 3.54. The topological polar surface area (TPSA) is 35.5 Å². The van der Waals surface area contributed by atoms with Crippen LogP contribution in [0.3, 0.4) is 0 Å². The van der Waals surface area contributed by atoms with Gasteiger partial charge in [-0.25, -0.2) is 0 Å². The number of rotatable bonds is 1. The van der Waals surface area contributed by atoms with Crippen LogP contribution in [0.25, 0.3) is 0 Å². The summed E-state index contributed by atoms with van der Waals surface area (Å²) in [5.41, 5.74) is 0. The predicted molar refractivity (Wildman–Crippen MR) is 35.6 cm³/mol. The van der Waals surface area contributed by atoms with E-state index in [0.29, 0.717) is 6.61 Å². The van der Waals surface area contributed by atoms with Crippen molar-refractivity contribution in [2.75, 3.05) is 13.2 Å². The third kappa shape index (κ3) is 2.35. The molecule has 0 aromatic heterocycles. The van der Waals surface area contributed by atoms with E-state index in [2.05, 4.69) is 0 Å². The molecule has 0 N–H and O–H groups in total. The lowest BCUT2D eigenvalue weighted by Gasteiger charge is -2.21. The van der Waals surface area contributed by atoms with Crippen molar-refractivity contribution in [3.8, 4) is 0 Å². The maximum absolute atomic E-state index is 10.4. The predicted octanol–water partition coefficient (Wildman–Crippen LogP) is 0.728. The Balaban J connectivity index is 2.19. The highest BCUT2D eigenvalue weighted by atomic mass is 16.6. The molecule has 0 radical (unpaired) electrons. The van der Waals surface area contributed by atoms with Crippen LogP contribution in [0.1, 0.15) is 19.8 Å². The molecule has 0 amide bonds. The fourth-order valence-electron chi connectivity index (χ4n) is 1.04. The third-order valence-electron chi connectivity index (χ3n) is 1.45. The molecule has 1 heterocycles. The molecular formula is C7H12O3. The van der Waals surface area contributed by atoms with E-state index in [0.717, 1.165) is 19.4 Å². The second-order valence-corrected chi connectivity index (χ2v) is 2.45. The van der Waals surface area contributed by atoms with Gasteiger partial charge in [-0.1, -0.05) is 0 Å². The molecule has 0 aliphatic carbocycles. The van der Waals surface area contributed by atoms with E-state index in [1.54, 1.807) is 0 Å². The Labute approximate surface area is 60.3 Å². The van der Waals surface area contributed by atoms with Gasteiger partial charge in [0.05, 0.1) is 6.61 Å². The highest BCUT2D eigenvalue weighted by Crippen LogP contribution is 2.09. The van der Waals surface area contributed by atoms with Gasteiger partial charge in [0.25, 0.3) is 0 Å². The molecule has 1 unspecified atom stereocenters. The van der Waals surface area contributed by atoms with E-state index in [9.17, 15) is 4.79 Å². The lowest BCUT2D eigenvalue weighted by molar-refractivity contribution is -0.152. The van der Waals surface area contributed by atoms with E-state index in [4.69, 9.17) is 9.47 Å². The molecule has 1 aliphatic rings. The molecular weight excluding hydrogens is 132 g/mol. The summed E-state index contributed by atoms with van der Waals surface area (Å²) >= 11 is 0. The Morgan fingerprint density at radius 3 is 3.00 bits per heavy atom. The Kier molecular flexibility index (Phi) is 2.68. The quantitative estimate of drug-likeness (QED) is 0.509. The van der Waals surface area contributed by atoms with Crippen LogP contribution in [0, 0.1) is 0 Å². The van der Waals surface area contributed by atoms with Crippen LogP contribution < -0.4 is 0 Å². The third-order valence-corrected chi connectivity index (χ3v) is 1.45. The largest absolute Gasteiger partial charge is 0.460 e. The molecule has 1 saturated heterocycles. The Morgan fingerprint density at radius 2 is 2.50 bits per heavy atom. The van der Waals surface area contributed by atoms with Crippen LogP contribution in [0.5, 0.6) is 0 Å². The van der Waals surface area contributed by atoms with E-state index >= 15 is 0 Å². The number of carbonyl (C=O) groups is 1. The van der Waals surface area contributed by atoms with Crippen molar-refractivity contribution in [1.82, 2.24) is 0 Å². The SMILES string of the molecule is CC(=O)OC1CCCOC1. The Hall–Kier alpha value is -0.570. The van der Waals surface area contributed by atoms with Crippen LogP contribution >= 0.6 is 0 Å². The van der Waals surface area contributed by atoms with Crippen molar-refractivity contribution in [2.45, 2.75) is 25.9 Å². The summed E-state index contributed by atoms with van der Waals surface area (Å²) in [6.07, 6.45) is 1.95. The minimum Gasteiger partial charge on any atom is -0.460 e. The van der Waals surface area contributed by atoms with Gasteiger partial charge in [0.2, 0.25) is 0 Å². The van der Waals surface area contributed by atoms with Crippen molar-refractivity contribution < 1.29 is 14.3 Å². The fraction of sp³-hybridized carbons (Fsp3) is 0.857. The summed E-state index contributed by atoms with van der Waals surface area (Å²) in [6.45, 7) is 2.80. The number of carbonyl (C=O) groups excluding carboxylic acids is 1. The number of esters is 1. The smallest absolute Gasteiger partial charge is 0.302 e. The lowest BCUT2D eigenvalue weighted by Crippen LogP contribution is -2.26. The standard InChI is InChI=1S/C7H12O3/c1-6(8)10-7-3-2-4-9-5-7/h7H,2-5H2,1H3. The van der Waals surface area contributed by atoms with Gasteiger partial charge in [-0.2, -0.15) is 0 Å². The highest BCUT2D eigenvalue weighted by molar-refractivity contribution is 5.66. The zero-order valence-corrected chi connectivity index (χ0v) is 6.13. The second kappa shape index (κ2) is 3.56. The van der Waals surface area contributed by atoms with E-state index in [1.807, 2.05) is 0 Å². The lowest BCUT2D eigenvalue weighted by atomic mass is 10.2. The first-order valence-electron chi connectivity index (χ1n) is 3.54. The molecule has 3 nitrogen and oxygen atoms in total. The van der Waals surface area contributed by atoms with Gasteiger partial charge in [-0.3, -0.25) is 4.79 Å². The van der Waals surface area contributed by atoms with Crippen LogP contribution in [-0.4, -0.2) is 25.3 Å². The number of ether oxygens (including phenoxy) is 2. The summed E-state index contributed by atoms with van der Waals surface area (Å²) < 4.78 is 10.0. The summed E-state index contributed by atoms with van der Waals surface area (Å²) in [7, 11) is 0. The molecule has 0 spiro atoms. The van der Waals surface area contributed by atoms with Gasteiger partial charge in [0.1, 0.15) is 6.10 Å². The summed E-state index contributed by atoms with van der Waals surface area (Å²) in [4.78, 5) is 10.4. The zero-order chi connectivity index (χ0) is 7.40. The summed E-state index contributed by atoms with van der Waals surface area (Å²) in [6, 6.07) is 0. The monoisotopic (exact) mass is 144 g/mol. The van der Waals surface area contributed by atoms with E-state index in [-0.39, 0.29) is 12.1 Å². The highest BCUT2D eigenvalue weighted by Gasteiger charge is 2.15. The Bertz CT molecular complexity index is 116. The van der Waals surface area contributed by atoms with Gasteiger partial charge < -0.3 is 9.47 Å². The van der Waals surface area contributed by atoms with Crippen LogP contribution in [0.4, 0.5) is 0 Å². The Morgan fingerprint density at radius 1 is 1.70 bits per heavy atom. The summed E-state index contributed by atoms with van der Waals surface area (Å²) in [5, 5.41) is 0. The van der Waals surface area contributed by atoms with Gasteiger partial charge in [-0.05, 0) is 12.8 Å². The number of hydrogen-bond acceptors (Lipinski definition) is 3. The van der Waals surface area contributed by atoms with Crippen LogP contribution in [-0.2, 0) is 14.3 Å². The molecule has 1 fully saturated rings. The molecule has 1 rings (SSSR count). The average molecular weight is 144 g/mol. The number of hydrogen-bond donors (Lipinski definition) is 0.